The van der Waals surface area contributed by atoms with Crippen LogP contribution in [0, 0.1) is 0 Å². The SMILES string of the molecule is COC(=O)C(N)CC1CCCCO1. The standard InChI is InChI=1S/C9H17NO3/c1-12-9(11)8(10)6-7-4-2-3-5-13-7/h7-8H,2-6,10H2,1H3. The molecule has 0 aromatic carbocycles. The number of esters is 1. The molecule has 1 saturated heterocycles. The van der Waals surface area contributed by atoms with Gasteiger partial charge in [0.25, 0.3) is 0 Å². The third kappa shape index (κ3) is 3.32. The first-order chi connectivity index (χ1) is 6.24. The highest BCUT2D eigenvalue weighted by molar-refractivity contribution is 5.75. The third-order valence-electron chi connectivity index (χ3n) is 2.29. The van der Waals surface area contributed by atoms with Crippen LogP contribution in [0.1, 0.15) is 25.7 Å². The lowest BCUT2D eigenvalue weighted by Crippen LogP contribution is -2.36. The van der Waals surface area contributed by atoms with E-state index in [1.165, 1.54) is 13.5 Å². The van der Waals surface area contributed by atoms with Gasteiger partial charge in [0.1, 0.15) is 6.04 Å². The second-order valence-electron chi connectivity index (χ2n) is 3.35. The normalized spacial score (nSPS) is 25.2. The van der Waals surface area contributed by atoms with E-state index in [9.17, 15) is 4.79 Å². The van der Waals surface area contributed by atoms with Crippen LogP contribution in [0.25, 0.3) is 0 Å². The number of rotatable bonds is 3. The van der Waals surface area contributed by atoms with Crippen molar-refractivity contribution in [3.05, 3.63) is 0 Å². The lowest BCUT2D eigenvalue weighted by molar-refractivity contribution is -0.143. The number of hydrogen-bond acceptors (Lipinski definition) is 4. The van der Waals surface area contributed by atoms with Crippen molar-refractivity contribution in [2.45, 2.75) is 37.8 Å². The zero-order valence-electron chi connectivity index (χ0n) is 7.99. The third-order valence-corrected chi connectivity index (χ3v) is 2.29. The van der Waals surface area contributed by atoms with Crippen LogP contribution in [-0.4, -0.2) is 31.8 Å². The van der Waals surface area contributed by atoms with Crippen molar-refractivity contribution in [2.75, 3.05) is 13.7 Å². The lowest BCUT2D eigenvalue weighted by atomic mass is 10.0. The Hall–Kier alpha value is -0.610. The Morgan fingerprint density at radius 2 is 2.46 bits per heavy atom. The quantitative estimate of drug-likeness (QED) is 0.651. The highest BCUT2D eigenvalue weighted by Gasteiger charge is 2.21. The van der Waals surface area contributed by atoms with Gasteiger partial charge < -0.3 is 15.2 Å². The summed E-state index contributed by atoms with van der Waals surface area (Å²) in [5, 5.41) is 0. The summed E-state index contributed by atoms with van der Waals surface area (Å²) in [6, 6.07) is -0.534. The molecule has 0 amide bonds. The van der Waals surface area contributed by atoms with Crippen LogP contribution in [0.2, 0.25) is 0 Å². The molecule has 0 aromatic rings. The molecule has 1 fully saturated rings. The fourth-order valence-electron chi connectivity index (χ4n) is 1.52. The van der Waals surface area contributed by atoms with Gasteiger partial charge in [0.05, 0.1) is 13.2 Å². The molecule has 4 heteroatoms. The molecule has 4 nitrogen and oxygen atoms in total. The Morgan fingerprint density at radius 1 is 1.69 bits per heavy atom. The molecule has 0 bridgehead atoms. The van der Waals surface area contributed by atoms with Crippen LogP contribution < -0.4 is 5.73 Å². The van der Waals surface area contributed by atoms with Crippen LogP contribution in [0.5, 0.6) is 0 Å². The minimum Gasteiger partial charge on any atom is -0.468 e. The van der Waals surface area contributed by atoms with Crippen LogP contribution in [0.15, 0.2) is 0 Å². The Balaban J connectivity index is 2.25. The minimum absolute atomic E-state index is 0.142. The van der Waals surface area contributed by atoms with E-state index in [-0.39, 0.29) is 12.1 Å². The highest BCUT2D eigenvalue weighted by Crippen LogP contribution is 2.16. The molecular weight excluding hydrogens is 170 g/mol. The maximum absolute atomic E-state index is 11.0. The van der Waals surface area contributed by atoms with E-state index in [2.05, 4.69) is 4.74 Å². The van der Waals surface area contributed by atoms with Crippen LogP contribution in [0.4, 0.5) is 0 Å². The van der Waals surface area contributed by atoms with Gasteiger partial charge in [-0.1, -0.05) is 0 Å². The largest absolute Gasteiger partial charge is 0.468 e. The Bertz CT molecular complexity index is 166. The van der Waals surface area contributed by atoms with E-state index in [0.29, 0.717) is 6.42 Å². The molecule has 1 aliphatic rings. The molecule has 2 atom stereocenters. The topological polar surface area (TPSA) is 61.5 Å². The summed E-state index contributed by atoms with van der Waals surface area (Å²) in [5.41, 5.74) is 5.60. The van der Waals surface area contributed by atoms with Crippen molar-refractivity contribution in [3.8, 4) is 0 Å². The van der Waals surface area contributed by atoms with Gasteiger partial charge in [-0.2, -0.15) is 0 Å². The van der Waals surface area contributed by atoms with Crippen molar-refractivity contribution in [2.24, 2.45) is 5.73 Å². The molecule has 1 rings (SSSR count). The molecule has 0 spiro atoms. The van der Waals surface area contributed by atoms with Gasteiger partial charge >= 0.3 is 5.97 Å². The number of carbonyl (C=O) groups excluding carboxylic acids is 1. The summed E-state index contributed by atoms with van der Waals surface area (Å²) in [5.74, 6) is -0.353. The van der Waals surface area contributed by atoms with Crippen molar-refractivity contribution < 1.29 is 14.3 Å². The van der Waals surface area contributed by atoms with Gasteiger partial charge in [0, 0.05) is 6.61 Å². The molecule has 1 heterocycles. The fourth-order valence-corrected chi connectivity index (χ4v) is 1.52. The summed E-state index contributed by atoms with van der Waals surface area (Å²) in [7, 11) is 1.35. The Labute approximate surface area is 78.4 Å². The maximum Gasteiger partial charge on any atom is 0.322 e. The lowest BCUT2D eigenvalue weighted by Gasteiger charge is -2.24. The first kappa shape index (κ1) is 10.5. The van der Waals surface area contributed by atoms with E-state index in [1.54, 1.807) is 0 Å². The van der Waals surface area contributed by atoms with Gasteiger partial charge in [0.2, 0.25) is 0 Å². The monoisotopic (exact) mass is 187 g/mol. The Morgan fingerprint density at radius 3 is 3.00 bits per heavy atom. The summed E-state index contributed by atoms with van der Waals surface area (Å²) in [6.07, 6.45) is 4.00. The number of hydrogen-bond donors (Lipinski definition) is 1. The molecule has 0 aliphatic carbocycles. The highest BCUT2D eigenvalue weighted by atomic mass is 16.5. The number of carbonyl (C=O) groups is 1. The van der Waals surface area contributed by atoms with Crippen LogP contribution >= 0.6 is 0 Å². The van der Waals surface area contributed by atoms with E-state index < -0.39 is 6.04 Å². The van der Waals surface area contributed by atoms with E-state index in [4.69, 9.17) is 10.5 Å². The van der Waals surface area contributed by atoms with Crippen molar-refractivity contribution in [1.29, 1.82) is 0 Å². The molecular formula is C9H17NO3. The maximum atomic E-state index is 11.0. The summed E-state index contributed by atoms with van der Waals surface area (Å²) < 4.78 is 9.99. The average Bonchev–Trinajstić information content (AvgIpc) is 2.18. The van der Waals surface area contributed by atoms with Gasteiger partial charge in [-0.05, 0) is 25.7 Å². The summed E-state index contributed by atoms with van der Waals surface area (Å²) in [4.78, 5) is 11.0. The number of methoxy groups -OCH3 is 1. The first-order valence-electron chi connectivity index (χ1n) is 4.69. The summed E-state index contributed by atoms with van der Waals surface area (Å²) in [6.45, 7) is 0.790. The smallest absolute Gasteiger partial charge is 0.322 e. The predicted octanol–water partition coefficient (Wildman–Crippen LogP) is 0.446. The van der Waals surface area contributed by atoms with E-state index in [1.807, 2.05) is 0 Å². The van der Waals surface area contributed by atoms with E-state index >= 15 is 0 Å². The Kier molecular flexibility index (Phi) is 4.18. The van der Waals surface area contributed by atoms with Crippen LogP contribution in [-0.2, 0) is 14.3 Å². The number of nitrogens with two attached hydrogens (primary N) is 1. The first-order valence-corrected chi connectivity index (χ1v) is 4.69. The molecule has 0 aromatic heterocycles. The molecule has 0 saturated carbocycles. The molecule has 13 heavy (non-hydrogen) atoms. The molecule has 76 valence electrons. The molecule has 2 unspecified atom stereocenters. The fraction of sp³-hybridized carbons (Fsp3) is 0.889. The van der Waals surface area contributed by atoms with Crippen molar-refractivity contribution >= 4 is 5.97 Å². The van der Waals surface area contributed by atoms with Gasteiger partial charge in [-0.3, -0.25) is 4.79 Å². The molecule has 1 aliphatic heterocycles. The van der Waals surface area contributed by atoms with Crippen LogP contribution in [0.3, 0.4) is 0 Å². The minimum atomic E-state index is -0.534. The predicted molar refractivity (Wildman–Crippen MR) is 48.2 cm³/mol. The van der Waals surface area contributed by atoms with Gasteiger partial charge in [-0.25, -0.2) is 0 Å². The average molecular weight is 187 g/mol. The summed E-state index contributed by atoms with van der Waals surface area (Å²) >= 11 is 0. The van der Waals surface area contributed by atoms with Gasteiger partial charge in [0.15, 0.2) is 0 Å². The van der Waals surface area contributed by atoms with Crippen molar-refractivity contribution in [1.82, 2.24) is 0 Å². The van der Waals surface area contributed by atoms with E-state index in [0.717, 1.165) is 19.4 Å². The second-order valence-corrected chi connectivity index (χ2v) is 3.35. The molecule has 0 radical (unpaired) electrons. The number of ether oxygens (including phenoxy) is 2. The second kappa shape index (κ2) is 5.19. The van der Waals surface area contributed by atoms with Crippen molar-refractivity contribution in [3.63, 3.8) is 0 Å². The zero-order valence-corrected chi connectivity index (χ0v) is 7.99. The van der Waals surface area contributed by atoms with Gasteiger partial charge in [-0.15, -0.1) is 0 Å². The molecule has 2 N–H and O–H groups in total. The zero-order chi connectivity index (χ0) is 9.68.